The second-order valence-corrected chi connectivity index (χ2v) is 7.36. The molecule has 3 heterocycles. The minimum Gasteiger partial charge on any atom is -0.343 e. The highest BCUT2D eigenvalue weighted by Gasteiger charge is 2.43. The van der Waals surface area contributed by atoms with E-state index in [2.05, 4.69) is 80.2 Å². The first-order valence-corrected chi connectivity index (χ1v) is 8.81. The molecule has 3 nitrogen and oxygen atoms in total. The van der Waals surface area contributed by atoms with E-state index in [1.165, 1.54) is 22.2 Å². The van der Waals surface area contributed by atoms with Gasteiger partial charge in [0, 0.05) is 40.1 Å². The number of hydroxylamine groups is 2. The van der Waals surface area contributed by atoms with E-state index in [0.29, 0.717) is 12.0 Å². The molecule has 1 fully saturated rings. The first kappa shape index (κ1) is 13.8. The van der Waals surface area contributed by atoms with E-state index in [1.54, 1.807) is 0 Å². The molecule has 2 unspecified atom stereocenters. The number of nitrogens with zero attached hydrogens (tertiary/aromatic N) is 2. The summed E-state index contributed by atoms with van der Waals surface area (Å²) in [6.45, 7) is 2.71. The van der Waals surface area contributed by atoms with Crippen molar-refractivity contribution in [3.63, 3.8) is 0 Å². The van der Waals surface area contributed by atoms with Crippen LogP contribution in [0.15, 0.2) is 59.1 Å². The molecular weight excluding hydrogens is 352 g/mol. The van der Waals surface area contributed by atoms with Crippen LogP contribution in [0.25, 0.3) is 10.9 Å². The van der Waals surface area contributed by atoms with Crippen molar-refractivity contribution in [3.05, 3.63) is 70.3 Å². The molecule has 2 aliphatic rings. The molecule has 0 aliphatic carbocycles. The van der Waals surface area contributed by atoms with Gasteiger partial charge in [0.2, 0.25) is 0 Å². The van der Waals surface area contributed by atoms with E-state index >= 15 is 0 Å². The average Bonchev–Trinajstić information content (AvgIpc) is 3.19. The Morgan fingerprint density at radius 2 is 1.96 bits per heavy atom. The van der Waals surface area contributed by atoms with Gasteiger partial charge in [0.1, 0.15) is 0 Å². The summed E-state index contributed by atoms with van der Waals surface area (Å²) in [6.07, 6.45) is 0. The number of halogens is 1. The average molecular weight is 369 g/mol. The first-order valence-electron chi connectivity index (χ1n) is 8.02. The van der Waals surface area contributed by atoms with Crippen LogP contribution in [-0.4, -0.2) is 16.2 Å². The summed E-state index contributed by atoms with van der Waals surface area (Å²) in [5.41, 5.74) is 4.01. The number of fused-ring (bicyclic) bond motifs is 5. The Morgan fingerprint density at radius 3 is 2.83 bits per heavy atom. The molecule has 2 aliphatic heterocycles. The minimum absolute atomic E-state index is 0.362. The van der Waals surface area contributed by atoms with Crippen LogP contribution < -0.4 is 0 Å². The van der Waals surface area contributed by atoms with Gasteiger partial charge < -0.3 is 4.57 Å². The summed E-state index contributed by atoms with van der Waals surface area (Å²) in [4.78, 5) is 6.01. The maximum Gasteiger partial charge on any atom is 0.0825 e. The molecule has 116 valence electrons. The standard InChI is InChI=1S/C19H17BrN2O/c20-16-6-7-17-14(8-16)9-18-19-15(11-21(17)18)12-23-22(19)10-13-4-2-1-3-5-13/h1-9,15,19H,10-12H2. The van der Waals surface area contributed by atoms with Crippen molar-refractivity contribution in [2.75, 3.05) is 6.61 Å². The molecule has 1 saturated heterocycles. The van der Waals surface area contributed by atoms with Crippen LogP contribution >= 0.6 is 15.9 Å². The first-order chi connectivity index (χ1) is 11.3. The Morgan fingerprint density at radius 1 is 1.09 bits per heavy atom. The SMILES string of the molecule is Brc1ccc2c(c1)cc1n2CC2CON(Cc3ccccc3)C12. The van der Waals surface area contributed by atoms with Gasteiger partial charge in [-0.25, -0.2) is 0 Å². The Balaban J connectivity index is 1.53. The molecule has 2 atom stereocenters. The third-order valence-electron chi connectivity index (χ3n) is 5.01. The number of hydrogen-bond acceptors (Lipinski definition) is 2. The fraction of sp³-hybridized carbons (Fsp3) is 0.263. The van der Waals surface area contributed by atoms with Gasteiger partial charge in [-0.1, -0.05) is 46.3 Å². The molecule has 0 spiro atoms. The van der Waals surface area contributed by atoms with Crippen molar-refractivity contribution in [1.29, 1.82) is 0 Å². The largest absolute Gasteiger partial charge is 0.343 e. The zero-order chi connectivity index (χ0) is 15.4. The summed E-state index contributed by atoms with van der Waals surface area (Å²) in [6, 6.07) is 19.8. The summed E-state index contributed by atoms with van der Waals surface area (Å²) >= 11 is 3.57. The Bertz CT molecular complexity index is 874. The highest BCUT2D eigenvalue weighted by atomic mass is 79.9. The molecule has 0 bridgehead atoms. The number of aromatic nitrogens is 1. The summed E-state index contributed by atoms with van der Waals surface area (Å²) in [5, 5.41) is 3.48. The second-order valence-electron chi connectivity index (χ2n) is 6.44. The Labute approximate surface area is 143 Å². The van der Waals surface area contributed by atoms with Gasteiger partial charge in [-0.3, -0.25) is 4.84 Å². The van der Waals surface area contributed by atoms with Crippen LogP contribution in [-0.2, 0) is 17.9 Å². The molecule has 0 N–H and O–H groups in total. The topological polar surface area (TPSA) is 17.4 Å². The molecule has 3 aromatic rings. The highest BCUT2D eigenvalue weighted by molar-refractivity contribution is 9.10. The molecule has 23 heavy (non-hydrogen) atoms. The van der Waals surface area contributed by atoms with Crippen LogP contribution in [0.4, 0.5) is 0 Å². The van der Waals surface area contributed by atoms with Gasteiger partial charge in [-0.15, -0.1) is 0 Å². The van der Waals surface area contributed by atoms with Gasteiger partial charge in [0.05, 0.1) is 12.6 Å². The number of rotatable bonds is 2. The monoisotopic (exact) mass is 368 g/mol. The lowest BCUT2D eigenvalue weighted by Gasteiger charge is -2.21. The maximum absolute atomic E-state index is 6.01. The number of hydrogen-bond donors (Lipinski definition) is 0. The molecular formula is C19H17BrN2O. The van der Waals surface area contributed by atoms with E-state index in [0.717, 1.165) is 24.2 Å². The molecule has 5 rings (SSSR count). The van der Waals surface area contributed by atoms with Gasteiger partial charge in [0.25, 0.3) is 0 Å². The van der Waals surface area contributed by atoms with E-state index in [9.17, 15) is 0 Å². The van der Waals surface area contributed by atoms with Crippen LogP contribution in [0.3, 0.4) is 0 Å². The van der Waals surface area contributed by atoms with Crippen molar-refractivity contribution in [2.45, 2.75) is 19.1 Å². The van der Waals surface area contributed by atoms with Gasteiger partial charge in [-0.2, -0.15) is 5.06 Å². The second kappa shape index (κ2) is 5.20. The molecule has 2 aromatic carbocycles. The molecule has 0 radical (unpaired) electrons. The predicted molar refractivity (Wildman–Crippen MR) is 93.8 cm³/mol. The predicted octanol–water partition coefficient (Wildman–Crippen LogP) is 4.52. The van der Waals surface area contributed by atoms with Crippen molar-refractivity contribution in [1.82, 2.24) is 9.63 Å². The Kier molecular flexibility index (Phi) is 3.11. The lowest BCUT2D eigenvalue weighted by Crippen LogP contribution is -2.22. The number of benzene rings is 2. The van der Waals surface area contributed by atoms with Crippen molar-refractivity contribution in [3.8, 4) is 0 Å². The summed E-state index contributed by atoms with van der Waals surface area (Å²) < 4.78 is 3.60. The van der Waals surface area contributed by atoms with Crippen LogP contribution in [0.5, 0.6) is 0 Å². The normalized spacial score (nSPS) is 23.3. The van der Waals surface area contributed by atoms with Crippen molar-refractivity contribution in [2.24, 2.45) is 5.92 Å². The minimum atomic E-state index is 0.362. The molecule has 0 saturated carbocycles. The van der Waals surface area contributed by atoms with Crippen LogP contribution in [0, 0.1) is 5.92 Å². The quantitative estimate of drug-likeness (QED) is 0.661. The van der Waals surface area contributed by atoms with E-state index in [4.69, 9.17) is 4.84 Å². The Hall–Kier alpha value is -1.62. The van der Waals surface area contributed by atoms with Gasteiger partial charge in [-0.05, 0) is 29.8 Å². The van der Waals surface area contributed by atoms with Crippen LogP contribution in [0.1, 0.15) is 17.3 Å². The fourth-order valence-electron chi connectivity index (χ4n) is 3.99. The van der Waals surface area contributed by atoms with E-state index in [1.807, 2.05) is 0 Å². The third-order valence-corrected chi connectivity index (χ3v) is 5.50. The lowest BCUT2D eigenvalue weighted by molar-refractivity contribution is -0.141. The zero-order valence-electron chi connectivity index (χ0n) is 12.7. The maximum atomic E-state index is 6.01. The smallest absolute Gasteiger partial charge is 0.0825 e. The lowest BCUT2D eigenvalue weighted by atomic mass is 10.0. The molecule has 1 aromatic heterocycles. The van der Waals surface area contributed by atoms with Crippen molar-refractivity contribution < 1.29 is 4.84 Å². The summed E-state index contributed by atoms with van der Waals surface area (Å²) in [7, 11) is 0. The van der Waals surface area contributed by atoms with Crippen molar-refractivity contribution >= 4 is 26.8 Å². The van der Waals surface area contributed by atoms with E-state index < -0.39 is 0 Å². The van der Waals surface area contributed by atoms with Gasteiger partial charge in [0.15, 0.2) is 0 Å². The summed E-state index contributed by atoms with van der Waals surface area (Å²) in [5.74, 6) is 0.557. The van der Waals surface area contributed by atoms with Crippen LogP contribution in [0.2, 0.25) is 0 Å². The fourth-order valence-corrected chi connectivity index (χ4v) is 4.37. The third kappa shape index (κ3) is 2.17. The molecule has 4 heteroatoms. The van der Waals surface area contributed by atoms with Gasteiger partial charge >= 0.3 is 0 Å². The zero-order valence-corrected chi connectivity index (χ0v) is 14.2. The van der Waals surface area contributed by atoms with E-state index in [-0.39, 0.29) is 0 Å². The highest BCUT2D eigenvalue weighted by Crippen LogP contribution is 2.45. The molecule has 0 amide bonds.